The van der Waals surface area contributed by atoms with Gasteiger partial charge in [-0.2, -0.15) is 0 Å². The Kier molecular flexibility index (Phi) is 4.29. The normalized spacial score (nSPS) is 21.9. The minimum atomic E-state index is 0.419. The molecule has 0 radical (unpaired) electrons. The first-order valence-electron chi connectivity index (χ1n) is 8.09. The van der Waals surface area contributed by atoms with Gasteiger partial charge in [0.1, 0.15) is 5.82 Å². The summed E-state index contributed by atoms with van der Waals surface area (Å²) in [5.74, 6) is 1.95. The highest BCUT2D eigenvalue weighted by Gasteiger charge is 2.66. The van der Waals surface area contributed by atoms with Gasteiger partial charge >= 0.3 is 0 Å². The van der Waals surface area contributed by atoms with Crippen molar-refractivity contribution in [3.8, 4) is 0 Å². The Bertz CT molecular complexity index is 431. The molecule has 1 atom stereocenters. The lowest BCUT2D eigenvalue weighted by Crippen LogP contribution is -2.36. The van der Waals surface area contributed by atoms with E-state index in [1.807, 2.05) is 6.20 Å². The van der Waals surface area contributed by atoms with Crippen molar-refractivity contribution in [1.82, 2.24) is 14.9 Å². The summed E-state index contributed by atoms with van der Waals surface area (Å²) in [7, 11) is 0. The van der Waals surface area contributed by atoms with E-state index in [1.54, 1.807) is 0 Å². The molecule has 1 aromatic heterocycles. The molecule has 1 N–H and O–H groups in total. The monoisotopic (exact) mass is 277 g/mol. The van der Waals surface area contributed by atoms with Gasteiger partial charge in [0.05, 0.1) is 0 Å². The zero-order valence-corrected chi connectivity index (χ0v) is 14.0. The molecule has 1 aliphatic carbocycles. The fourth-order valence-electron chi connectivity index (χ4n) is 3.91. The van der Waals surface area contributed by atoms with Crippen LogP contribution in [0.5, 0.6) is 0 Å². The maximum Gasteiger partial charge on any atom is 0.110 e. The van der Waals surface area contributed by atoms with Gasteiger partial charge in [0.25, 0.3) is 0 Å². The van der Waals surface area contributed by atoms with Crippen molar-refractivity contribution < 1.29 is 0 Å². The van der Waals surface area contributed by atoms with Gasteiger partial charge in [-0.25, -0.2) is 4.98 Å². The molecule has 0 spiro atoms. The Labute approximate surface area is 124 Å². The molecule has 0 saturated heterocycles. The van der Waals surface area contributed by atoms with Crippen LogP contribution in [0, 0.1) is 16.7 Å². The molecule has 114 valence electrons. The number of hydrogen-bond acceptors (Lipinski definition) is 2. The van der Waals surface area contributed by atoms with E-state index in [4.69, 9.17) is 0 Å². The molecule has 0 amide bonds. The number of imidazole rings is 1. The first kappa shape index (κ1) is 15.6. The standard InChI is InChI=1S/C17H31N3/c1-7-9-18-13(15-16(3,4)17(15,5)6)12-14-19-10-11-20(14)8-2/h10-11,13,15,18H,7-9,12H2,1-6H3. The van der Waals surface area contributed by atoms with E-state index in [1.165, 1.54) is 12.2 Å². The molecule has 1 aliphatic rings. The van der Waals surface area contributed by atoms with Crippen LogP contribution < -0.4 is 5.32 Å². The Morgan fingerprint density at radius 3 is 2.40 bits per heavy atom. The number of aryl methyl sites for hydroxylation is 1. The molecule has 2 rings (SSSR count). The van der Waals surface area contributed by atoms with Gasteiger partial charge < -0.3 is 9.88 Å². The summed E-state index contributed by atoms with van der Waals surface area (Å²) in [5, 5.41) is 3.78. The Hall–Kier alpha value is -0.830. The Morgan fingerprint density at radius 2 is 1.90 bits per heavy atom. The van der Waals surface area contributed by atoms with Crippen LogP contribution in [-0.2, 0) is 13.0 Å². The molecule has 1 fully saturated rings. The van der Waals surface area contributed by atoms with Crippen LogP contribution in [0.25, 0.3) is 0 Å². The summed E-state index contributed by atoms with van der Waals surface area (Å²) in [4.78, 5) is 4.56. The summed E-state index contributed by atoms with van der Waals surface area (Å²) >= 11 is 0. The van der Waals surface area contributed by atoms with Crippen molar-refractivity contribution in [2.45, 2.75) is 67.0 Å². The molecule has 3 heteroatoms. The topological polar surface area (TPSA) is 29.9 Å². The van der Waals surface area contributed by atoms with Gasteiger partial charge in [-0.15, -0.1) is 0 Å². The molecule has 1 aromatic rings. The number of nitrogens with one attached hydrogen (secondary N) is 1. The number of aromatic nitrogens is 2. The molecular formula is C17H31N3. The molecule has 3 nitrogen and oxygen atoms in total. The van der Waals surface area contributed by atoms with Gasteiger partial charge in [-0.3, -0.25) is 0 Å². The maximum absolute atomic E-state index is 4.56. The highest BCUT2D eigenvalue weighted by Crippen LogP contribution is 2.69. The van der Waals surface area contributed by atoms with Crippen molar-refractivity contribution in [2.24, 2.45) is 16.7 Å². The minimum Gasteiger partial charge on any atom is -0.335 e. The molecule has 0 aliphatic heterocycles. The predicted molar refractivity (Wildman–Crippen MR) is 84.7 cm³/mol. The molecule has 20 heavy (non-hydrogen) atoms. The third-order valence-corrected chi connectivity index (χ3v) is 5.74. The lowest BCUT2D eigenvalue weighted by Gasteiger charge is -2.21. The fraction of sp³-hybridized carbons (Fsp3) is 0.824. The SMILES string of the molecule is CCCNC(Cc1nccn1CC)C1C(C)(C)C1(C)C. The summed E-state index contributed by atoms with van der Waals surface area (Å²) in [6.07, 6.45) is 6.25. The third kappa shape index (κ3) is 2.52. The van der Waals surface area contributed by atoms with Crippen molar-refractivity contribution in [2.75, 3.05) is 6.54 Å². The number of hydrogen-bond donors (Lipinski definition) is 1. The van der Waals surface area contributed by atoms with Crippen LogP contribution in [-0.4, -0.2) is 22.1 Å². The van der Waals surface area contributed by atoms with Crippen molar-refractivity contribution in [3.05, 3.63) is 18.2 Å². The highest BCUT2D eigenvalue weighted by atomic mass is 15.1. The smallest absolute Gasteiger partial charge is 0.110 e. The van der Waals surface area contributed by atoms with Gasteiger partial charge in [0.2, 0.25) is 0 Å². The lowest BCUT2D eigenvalue weighted by atomic mass is 10.0. The predicted octanol–water partition coefficient (Wildman–Crippen LogP) is 3.50. The van der Waals surface area contributed by atoms with E-state index in [2.05, 4.69) is 62.6 Å². The quantitative estimate of drug-likeness (QED) is 0.826. The number of rotatable bonds is 7. The molecule has 1 heterocycles. The van der Waals surface area contributed by atoms with Crippen molar-refractivity contribution >= 4 is 0 Å². The summed E-state index contributed by atoms with van der Waals surface area (Å²) in [6.45, 7) is 16.2. The maximum atomic E-state index is 4.56. The lowest BCUT2D eigenvalue weighted by molar-refractivity contribution is 0.386. The van der Waals surface area contributed by atoms with Crippen LogP contribution in [0.1, 0.15) is 53.8 Å². The van der Waals surface area contributed by atoms with Gasteiger partial charge in [-0.1, -0.05) is 34.6 Å². The summed E-state index contributed by atoms with van der Waals surface area (Å²) in [5.41, 5.74) is 0.837. The van der Waals surface area contributed by atoms with E-state index in [0.29, 0.717) is 16.9 Å². The average molecular weight is 277 g/mol. The second-order valence-electron chi connectivity index (χ2n) is 7.32. The van der Waals surface area contributed by atoms with Gasteiger partial charge in [0.15, 0.2) is 0 Å². The molecule has 0 aromatic carbocycles. The largest absolute Gasteiger partial charge is 0.335 e. The van der Waals surface area contributed by atoms with E-state index >= 15 is 0 Å². The van der Waals surface area contributed by atoms with Crippen LogP contribution >= 0.6 is 0 Å². The van der Waals surface area contributed by atoms with Crippen molar-refractivity contribution in [3.63, 3.8) is 0 Å². The molecule has 1 unspecified atom stereocenters. The van der Waals surface area contributed by atoms with Gasteiger partial charge in [0, 0.05) is 31.4 Å². The first-order chi connectivity index (χ1) is 9.36. The molecule has 0 bridgehead atoms. The highest BCUT2D eigenvalue weighted by molar-refractivity contribution is 5.17. The molecule has 1 saturated carbocycles. The second kappa shape index (κ2) is 5.51. The third-order valence-electron chi connectivity index (χ3n) is 5.74. The zero-order chi connectivity index (χ0) is 15.0. The fourth-order valence-corrected chi connectivity index (χ4v) is 3.91. The Morgan fingerprint density at radius 1 is 1.25 bits per heavy atom. The summed E-state index contributed by atoms with van der Waals surface area (Å²) in [6, 6.07) is 0.535. The first-order valence-corrected chi connectivity index (χ1v) is 8.09. The van der Waals surface area contributed by atoms with Crippen LogP contribution in [0.4, 0.5) is 0 Å². The Balaban J connectivity index is 2.13. The van der Waals surface area contributed by atoms with E-state index < -0.39 is 0 Å². The number of nitrogens with zero attached hydrogens (tertiary/aromatic N) is 2. The van der Waals surface area contributed by atoms with E-state index in [9.17, 15) is 0 Å². The van der Waals surface area contributed by atoms with Gasteiger partial charge in [-0.05, 0) is 36.6 Å². The minimum absolute atomic E-state index is 0.419. The second-order valence-corrected chi connectivity index (χ2v) is 7.32. The summed E-state index contributed by atoms with van der Waals surface area (Å²) < 4.78 is 2.27. The van der Waals surface area contributed by atoms with E-state index in [-0.39, 0.29) is 0 Å². The van der Waals surface area contributed by atoms with E-state index in [0.717, 1.165) is 25.4 Å². The van der Waals surface area contributed by atoms with Crippen LogP contribution in [0.3, 0.4) is 0 Å². The van der Waals surface area contributed by atoms with Crippen molar-refractivity contribution in [1.29, 1.82) is 0 Å². The van der Waals surface area contributed by atoms with Crippen LogP contribution in [0.2, 0.25) is 0 Å². The van der Waals surface area contributed by atoms with Crippen LogP contribution in [0.15, 0.2) is 12.4 Å². The average Bonchev–Trinajstić information content (AvgIpc) is 2.71. The zero-order valence-electron chi connectivity index (χ0n) is 14.0. The molecular weight excluding hydrogens is 246 g/mol.